The van der Waals surface area contributed by atoms with Crippen molar-refractivity contribution in [2.24, 2.45) is 4.99 Å². The first-order valence-corrected chi connectivity index (χ1v) is 10.2. The zero-order valence-corrected chi connectivity index (χ0v) is 16.3. The van der Waals surface area contributed by atoms with E-state index in [4.69, 9.17) is 4.99 Å². The molecule has 3 N–H and O–H groups in total. The van der Waals surface area contributed by atoms with Crippen molar-refractivity contribution in [3.8, 4) is 0 Å². The number of hydrogen-bond acceptors (Lipinski definition) is 2. The van der Waals surface area contributed by atoms with E-state index in [2.05, 4.69) is 34.4 Å². The second-order valence-electron chi connectivity index (χ2n) is 7.87. The Labute approximate surface area is 160 Å². The minimum Gasteiger partial charge on any atom is -0.361 e. The first kappa shape index (κ1) is 18.3. The topological polar surface area (TPSA) is 55.5 Å². The van der Waals surface area contributed by atoms with Crippen LogP contribution in [-0.4, -0.2) is 53.6 Å². The lowest BCUT2D eigenvalue weighted by Gasteiger charge is -2.20. The summed E-state index contributed by atoms with van der Waals surface area (Å²) in [5, 5.41) is 7.93. The molecule has 27 heavy (non-hydrogen) atoms. The molecule has 2 heterocycles. The van der Waals surface area contributed by atoms with Gasteiger partial charge >= 0.3 is 0 Å². The summed E-state index contributed by atoms with van der Waals surface area (Å²) in [7, 11) is 0. The molecule has 0 amide bonds. The van der Waals surface area contributed by atoms with Gasteiger partial charge in [-0.3, -0.25) is 9.89 Å². The highest BCUT2D eigenvalue weighted by Gasteiger charge is 2.38. The molecule has 2 unspecified atom stereocenters. The standard InChI is InChI=1S/C21H30FN5/c1-3-23-21(26-17-10-14(2)27(13-17)18-5-6-18)24-9-8-15-12-25-20-7-4-16(22)11-19(15)20/h4,7,11-12,14,17-18,25H,3,5-6,8-10,13H2,1-2H3,(H2,23,24,26). The Kier molecular flexibility index (Phi) is 5.34. The molecule has 1 saturated carbocycles. The van der Waals surface area contributed by atoms with Crippen molar-refractivity contribution in [1.29, 1.82) is 0 Å². The van der Waals surface area contributed by atoms with Gasteiger partial charge in [0.25, 0.3) is 0 Å². The second-order valence-corrected chi connectivity index (χ2v) is 7.87. The van der Waals surface area contributed by atoms with Crippen molar-refractivity contribution in [2.75, 3.05) is 19.6 Å². The van der Waals surface area contributed by atoms with Crippen LogP contribution in [0.2, 0.25) is 0 Å². The first-order valence-electron chi connectivity index (χ1n) is 10.2. The summed E-state index contributed by atoms with van der Waals surface area (Å²) >= 11 is 0. The molecule has 5 nitrogen and oxygen atoms in total. The predicted molar refractivity (Wildman–Crippen MR) is 109 cm³/mol. The second kappa shape index (κ2) is 7.89. The maximum atomic E-state index is 13.5. The average Bonchev–Trinajstić information content (AvgIpc) is 3.32. The number of rotatable bonds is 6. The number of hydrogen-bond donors (Lipinski definition) is 3. The molecule has 4 rings (SSSR count). The molecule has 0 radical (unpaired) electrons. The van der Waals surface area contributed by atoms with E-state index < -0.39 is 0 Å². The molecular formula is C21H30FN5. The van der Waals surface area contributed by atoms with Crippen LogP contribution >= 0.6 is 0 Å². The number of benzene rings is 1. The molecule has 2 aromatic rings. The zero-order chi connectivity index (χ0) is 18.8. The maximum absolute atomic E-state index is 13.5. The van der Waals surface area contributed by atoms with E-state index in [1.807, 2.05) is 6.20 Å². The van der Waals surface area contributed by atoms with Crippen LogP contribution in [0.5, 0.6) is 0 Å². The molecule has 2 atom stereocenters. The Morgan fingerprint density at radius 3 is 3.00 bits per heavy atom. The summed E-state index contributed by atoms with van der Waals surface area (Å²) in [5.74, 6) is 0.691. The summed E-state index contributed by atoms with van der Waals surface area (Å²) in [4.78, 5) is 10.6. The molecular weight excluding hydrogens is 341 g/mol. The number of aromatic amines is 1. The first-order chi connectivity index (χ1) is 13.1. The molecule has 1 aromatic carbocycles. The van der Waals surface area contributed by atoms with Gasteiger partial charge in [0.1, 0.15) is 5.82 Å². The zero-order valence-electron chi connectivity index (χ0n) is 16.3. The van der Waals surface area contributed by atoms with E-state index in [1.54, 1.807) is 12.1 Å². The number of likely N-dealkylation sites (tertiary alicyclic amines) is 1. The molecule has 0 bridgehead atoms. The molecule has 1 saturated heterocycles. The van der Waals surface area contributed by atoms with Gasteiger partial charge in [0.05, 0.1) is 0 Å². The minimum atomic E-state index is -0.197. The van der Waals surface area contributed by atoms with Crippen LogP contribution in [-0.2, 0) is 6.42 Å². The third kappa shape index (κ3) is 4.26. The normalized spacial score (nSPS) is 23.9. The van der Waals surface area contributed by atoms with Gasteiger partial charge in [-0.1, -0.05) is 0 Å². The van der Waals surface area contributed by atoms with Crippen molar-refractivity contribution in [3.63, 3.8) is 0 Å². The predicted octanol–water partition coefficient (Wildman–Crippen LogP) is 3.03. The minimum absolute atomic E-state index is 0.197. The maximum Gasteiger partial charge on any atom is 0.191 e. The lowest BCUT2D eigenvalue weighted by Crippen LogP contribution is -2.44. The lowest BCUT2D eigenvalue weighted by atomic mass is 10.1. The fourth-order valence-electron chi connectivity index (χ4n) is 4.23. The number of fused-ring (bicyclic) bond motifs is 1. The van der Waals surface area contributed by atoms with Crippen LogP contribution in [0.15, 0.2) is 29.4 Å². The number of nitrogens with zero attached hydrogens (tertiary/aromatic N) is 2. The fourth-order valence-corrected chi connectivity index (χ4v) is 4.23. The summed E-state index contributed by atoms with van der Waals surface area (Å²) in [6.45, 7) is 7.05. The number of aromatic nitrogens is 1. The number of nitrogens with one attached hydrogen (secondary N) is 3. The Bertz CT molecular complexity index is 810. The summed E-state index contributed by atoms with van der Waals surface area (Å²) in [6.07, 6.45) is 6.64. The van der Waals surface area contributed by atoms with E-state index in [9.17, 15) is 4.39 Å². The SMILES string of the molecule is CCNC(=NCCc1c[nH]c2ccc(F)cc12)NC1CC(C)N(C2CC2)C1. The van der Waals surface area contributed by atoms with Gasteiger partial charge in [-0.2, -0.15) is 0 Å². The molecule has 2 aliphatic rings. The van der Waals surface area contributed by atoms with Crippen LogP contribution in [0, 0.1) is 5.82 Å². The monoisotopic (exact) mass is 371 g/mol. The Balaban J connectivity index is 1.36. The molecule has 6 heteroatoms. The largest absolute Gasteiger partial charge is 0.361 e. The third-order valence-electron chi connectivity index (χ3n) is 5.70. The Morgan fingerprint density at radius 1 is 1.37 bits per heavy atom. The van der Waals surface area contributed by atoms with Crippen LogP contribution in [0.1, 0.15) is 38.7 Å². The number of halogens is 1. The highest BCUT2D eigenvalue weighted by molar-refractivity contribution is 5.83. The number of aliphatic imine (C=N–C) groups is 1. The van der Waals surface area contributed by atoms with Gasteiger partial charge in [0.2, 0.25) is 0 Å². The smallest absolute Gasteiger partial charge is 0.191 e. The van der Waals surface area contributed by atoms with E-state index in [-0.39, 0.29) is 5.82 Å². The van der Waals surface area contributed by atoms with Gasteiger partial charge < -0.3 is 15.6 Å². The van der Waals surface area contributed by atoms with Crippen molar-refractivity contribution >= 4 is 16.9 Å². The van der Waals surface area contributed by atoms with Crippen LogP contribution in [0.4, 0.5) is 4.39 Å². The molecule has 1 aromatic heterocycles. The van der Waals surface area contributed by atoms with E-state index in [0.717, 1.165) is 48.0 Å². The summed E-state index contributed by atoms with van der Waals surface area (Å²) in [5.41, 5.74) is 2.08. The van der Waals surface area contributed by atoms with Gasteiger partial charge in [-0.15, -0.1) is 0 Å². The van der Waals surface area contributed by atoms with Gasteiger partial charge in [0, 0.05) is 54.9 Å². The van der Waals surface area contributed by atoms with Crippen LogP contribution in [0.3, 0.4) is 0 Å². The lowest BCUT2D eigenvalue weighted by molar-refractivity contribution is 0.256. The molecule has 0 spiro atoms. The van der Waals surface area contributed by atoms with E-state index in [0.29, 0.717) is 18.6 Å². The van der Waals surface area contributed by atoms with Crippen molar-refractivity contribution in [2.45, 2.75) is 57.7 Å². The molecule has 1 aliphatic heterocycles. The quantitative estimate of drug-likeness (QED) is 0.540. The van der Waals surface area contributed by atoms with E-state index >= 15 is 0 Å². The van der Waals surface area contributed by atoms with Crippen molar-refractivity contribution in [1.82, 2.24) is 20.5 Å². The van der Waals surface area contributed by atoms with Gasteiger partial charge in [0.15, 0.2) is 5.96 Å². The van der Waals surface area contributed by atoms with Crippen molar-refractivity contribution in [3.05, 3.63) is 35.8 Å². The van der Waals surface area contributed by atoms with Crippen LogP contribution < -0.4 is 10.6 Å². The number of H-pyrrole nitrogens is 1. The number of guanidine groups is 1. The summed E-state index contributed by atoms with van der Waals surface area (Å²) in [6, 6.07) is 6.80. The highest BCUT2D eigenvalue weighted by atomic mass is 19.1. The van der Waals surface area contributed by atoms with E-state index in [1.165, 1.54) is 25.3 Å². The fraction of sp³-hybridized carbons (Fsp3) is 0.571. The van der Waals surface area contributed by atoms with Gasteiger partial charge in [-0.25, -0.2) is 4.39 Å². The third-order valence-corrected chi connectivity index (χ3v) is 5.70. The highest BCUT2D eigenvalue weighted by Crippen LogP contribution is 2.33. The molecule has 2 fully saturated rings. The molecule has 146 valence electrons. The average molecular weight is 372 g/mol. The Hall–Kier alpha value is -2.08. The van der Waals surface area contributed by atoms with Crippen LogP contribution in [0.25, 0.3) is 10.9 Å². The van der Waals surface area contributed by atoms with Gasteiger partial charge in [-0.05, 0) is 63.3 Å². The Morgan fingerprint density at radius 2 is 2.22 bits per heavy atom. The summed E-state index contributed by atoms with van der Waals surface area (Å²) < 4.78 is 13.5. The van der Waals surface area contributed by atoms with Crippen molar-refractivity contribution < 1.29 is 4.39 Å². The molecule has 1 aliphatic carbocycles.